The maximum Gasteiger partial charge on any atom is 0.321 e. The summed E-state index contributed by atoms with van der Waals surface area (Å²) in [6, 6.07) is 5.68. The first-order valence-corrected chi connectivity index (χ1v) is 8.81. The molecule has 2 N–H and O–H groups in total. The van der Waals surface area contributed by atoms with Crippen LogP contribution >= 0.6 is 11.3 Å². The Morgan fingerprint density at radius 2 is 2.08 bits per heavy atom. The summed E-state index contributed by atoms with van der Waals surface area (Å²) in [7, 11) is 0. The van der Waals surface area contributed by atoms with Crippen LogP contribution in [0.2, 0.25) is 0 Å². The first-order chi connectivity index (χ1) is 12.7. The predicted octanol–water partition coefficient (Wildman–Crippen LogP) is 3.08. The number of amides is 2. The molecular formula is C17H15N7OS. The van der Waals surface area contributed by atoms with E-state index in [1.807, 2.05) is 25.1 Å². The van der Waals surface area contributed by atoms with Crippen molar-refractivity contribution in [3.05, 3.63) is 49.3 Å². The zero-order valence-corrected chi connectivity index (χ0v) is 14.7. The van der Waals surface area contributed by atoms with Crippen LogP contribution in [0, 0.1) is 0 Å². The van der Waals surface area contributed by atoms with Crippen LogP contribution in [0.25, 0.3) is 27.3 Å². The molecule has 0 spiro atoms. The van der Waals surface area contributed by atoms with Gasteiger partial charge in [0.2, 0.25) is 5.95 Å². The number of imidazole rings is 1. The normalized spacial score (nSPS) is 10.8. The van der Waals surface area contributed by atoms with Gasteiger partial charge in [-0.05, 0) is 24.6 Å². The SMILES string of the molecule is CCNC(=O)Nc1nc2cc(-c3cnc(-n4ccnc4)nc3)ccc2s1. The molecule has 0 radical (unpaired) electrons. The fraction of sp³-hybridized carbons (Fsp3) is 0.118. The summed E-state index contributed by atoms with van der Waals surface area (Å²) in [4.78, 5) is 28.8. The van der Waals surface area contributed by atoms with Crippen LogP contribution in [-0.2, 0) is 0 Å². The molecule has 0 fully saturated rings. The van der Waals surface area contributed by atoms with Crippen molar-refractivity contribution in [2.75, 3.05) is 11.9 Å². The fourth-order valence-corrected chi connectivity index (χ4v) is 3.28. The maximum absolute atomic E-state index is 11.6. The average molecular weight is 365 g/mol. The van der Waals surface area contributed by atoms with Gasteiger partial charge >= 0.3 is 6.03 Å². The molecule has 1 aromatic carbocycles. The van der Waals surface area contributed by atoms with Crippen LogP contribution in [0.3, 0.4) is 0 Å². The molecule has 2 amide bonds. The van der Waals surface area contributed by atoms with E-state index in [0.717, 1.165) is 21.3 Å². The number of rotatable bonds is 4. The molecule has 3 aromatic heterocycles. The van der Waals surface area contributed by atoms with E-state index in [4.69, 9.17) is 0 Å². The molecule has 0 aliphatic carbocycles. The van der Waals surface area contributed by atoms with Gasteiger partial charge in [-0.15, -0.1) is 0 Å². The van der Waals surface area contributed by atoms with E-state index in [-0.39, 0.29) is 6.03 Å². The van der Waals surface area contributed by atoms with Crippen molar-refractivity contribution in [1.29, 1.82) is 0 Å². The lowest BCUT2D eigenvalue weighted by Crippen LogP contribution is -2.28. The van der Waals surface area contributed by atoms with Crippen LogP contribution in [0.5, 0.6) is 0 Å². The van der Waals surface area contributed by atoms with E-state index in [0.29, 0.717) is 17.6 Å². The van der Waals surface area contributed by atoms with Crippen LogP contribution in [-0.4, -0.2) is 37.1 Å². The van der Waals surface area contributed by atoms with Crippen molar-refractivity contribution in [1.82, 2.24) is 29.8 Å². The largest absolute Gasteiger partial charge is 0.338 e. The molecule has 4 rings (SSSR count). The zero-order valence-electron chi connectivity index (χ0n) is 13.9. The monoisotopic (exact) mass is 365 g/mol. The van der Waals surface area contributed by atoms with Gasteiger partial charge in [0.05, 0.1) is 10.2 Å². The van der Waals surface area contributed by atoms with Gasteiger partial charge in [0.1, 0.15) is 6.33 Å². The number of nitrogens with zero attached hydrogens (tertiary/aromatic N) is 5. The molecule has 4 aromatic rings. The summed E-state index contributed by atoms with van der Waals surface area (Å²) in [5, 5.41) is 5.99. The standard InChI is InChI=1S/C17H15N7OS/c1-2-19-16(25)23-17-22-13-7-11(3-4-14(13)26-17)12-8-20-15(21-9-12)24-6-5-18-10-24/h3-10H,2H2,1H3,(H2,19,22,23,25). The summed E-state index contributed by atoms with van der Waals surface area (Å²) >= 11 is 1.43. The number of fused-ring (bicyclic) bond motifs is 1. The number of urea groups is 1. The third kappa shape index (κ3) is 3.24. The smallest absolute Gasteiger partial charge is 0.321 e. The minimum absolute atomic E-state index is 0.254. The summed E-state index contributed by atoms with van der Waals surface area (Å²) in [6.07, 6.45) is 8.66. The highest BCUT2D eigenvalue weighted by molar-refractivity contribution is 7.22. The number of benzene rings is 1. The van der Waals surface area contributed by atoms with Crippen LogP contribution in [0.1, 0.15) is 6.92 Å². The molecular weight excluding hydrogens is 350 g/mol. The first-order valence-electron chi connectivity index (χ1n) is 7.99. The quantitative estimate of drug-likeness (QED) is 0.579. The van der Waals surface area contributed by atoms with Gasteiger partial charge in [-0.1, -0.05) is 17.4 Å². The van der Waals surface area contributed by atoms with Crippen molar-refractivity contribution in [3.8, 4) is 17.1 Å². The van der Waals surface area contributed by atoms with Crippen LogP contribution < -0.4 is 10.6 Å². The average Bonchev–Trinajstić information content (AvgIpc) is 3.31. The van der Waals surface area contributed by atoms with Gasteiger partial charge in [-0.3, -0.25) is 9.88 Å². The van der Waals surface area contributed by atoms with E-state index in [2.05, 4.69) is 30.6 Å². The molecule has 0 atom stereocenters. The molecule has 0 bridgehead atoms. The minimum atomic E-state index is -0.254. The molecule has 0 aliphatic rings. The number of carbonyl (C=O) groups is 1. The highest BCUT2D eigenvalue weighted by Crippen LogP contribution is 2.29. The van der Waals surface area contributed by atoms with Gasteiger partial charge in [-0.2, -0.15) is 0 Å². The number of carbonyl (C=O) groups excluding carboxylic acids is 1. The lowest BCUT2D eigenvalue weighted by atomic mass is 10.1. The summed E-state index contributed by atoms with van der Waals surface area (Å²) < 4.78 is 2.74. The van der Waals surface area contributed by atoms with Crippen molar-refractivity contribution in [2.45, 2.75) is 6.92 Å². The highest BCUT2D eigenvalue weighted by Gasteiger charge is 2.09. The lowest BCUT2D eigenvalue weighted by molar-refractivity contribution is 0.252. The Hall–Kier alpha value is -3.33. The molecule has 0 saturated heterocycles. The Morgan fingerprint density at radius 3 is 2.81 bits per heavy atom. The second-order valence-corrected chi connectivity index (χ2v) is 6.46. The number of aromatic nitrogens is 5. The van der Waals surface area contributed by atoms with Gasteiger partial charge < -0.3 is 5.32 Å². The number of nitrogens with one attached hydrogen (secondary N) is 2. The van der Waals surface area contributed by atoms with E-state index >= 15 is 0 Å². The zero-order chi connectivity index (χ0) is 17.9. The number of hydrogen-bond donors (Lipinski definition) is 2. The molecule has 0 aliphatic heterocycles. The van der Waals surface area contributed by atoms with E-state index in [1.165, 1.54) is 11.3 Å². The molecule has 0 saturated carbocycles. The molecule has 8 nitrogen and oxygen atoms in total. The Kier molecular flexibility index (Phi) is 4.28. The second kappa shape index (κ2) is 6.89. The molecule has 9 heteroatoms. The number of thiazole rings is 1. The summed E-state index contributed by atoms with van der Waals surface area (Å²) in [5.74, 6) is 0.564. The molecule has 26 heavy (non-hydrogen) atoms. The van der Waals surface area contributed by atoms with Gasteiger partial charge in [-0.25, -0.2) is 24.7 Å². The van der Waals surface area contributed by atoms with Gasteiger partial charge in [0, 0.05) is 36.9 Å². The fourth-order valence-electron chi connectivity index (χ4n) is 2.44. The van der Waals surface area contributed by atoms with Crippen LogP contribution in [0.15, 0.2) is 49.3 Å². The van der Waals surface area contributed by atoms with Crippen molar-refractivity contribution in [3.63, 3.8) is 0 Å². The van der Waals surface area contributed by atoms with E-state index in [1.54, 1.807) is 35.7 Å². The topological polar surface area (TPSA) is 97.6 Å². The van der Waals surface area contributed by atoms with E-state index in [9.17, 15) is 4.79 Å². The summed E-state index contributed by atoms with van der Waals surface area (Å²) in [5.41, 5.74) is 2.67. The summed E-state index contributed by atoms with van der Waals surface area (Å²) in [6.45, 7) is 2.43. The van der Waals surface area contributed by atoms with Gasteiger partial charge in [0.15, 0.2) is 5.13 Å². The third-order valence-electron chi connectivity index (χ3n) is 3.65. The van der Waals surface area contributed by atoms with Crippen molar-refractivity contribution >= 4 is 32.7 Å². The molecule has 3 heterocycles. The first kappa shape index (κ1) is 16.2. The molecule has 0 unspecified atom stereocenters. The molecule has 130 valence electrons. The van der Waals surface area contributed by atoms with Crippen molar-refractivity contribution < 1.29 is 4.79 Å². The lowest BCUT2D eigenvalue weighted by Gasteiger charge is -2.03. The third-order valence-corrected chi connectivity index (χ3v) is 4.60. The van der Waals surface area contributed by atoms with E-state index < -0.39 is 0 Å². The second-order valence-electron chi connectivity index (χ2n) is 5.43. The predicted molar refractivity (Wildman–Crippen MR) is 100 cm³/mol. The number of anilines is 1. The minimum Gasteiger partial charge on any atom is -0.338 e. The van der Waals surface area contributed by atoms with Crippen molar-refractivity contribution in [2.24, 2.45) is 0 Å². The van der Waals surface area contributed by atoms with Crippen LogP contribution in [0.4, 0.5) is 9.93 Å². The Labute approximate surface area is 153 Å². The highest BCUT2D eigenvalue weighted by atomic mass is 32.1. The Morgan fingerprint density at radius 1 is 1.23 bits per heavy atom. The Bertz CT molecular complexity index is 1040. The maximum atomic E-state index is 11.6. The Balaban J connectivity index is 1.59. The number of hydrogen-bond acceptors (Lipinski definition) is 6. The van der Waals surface area contributed by atoms with Gasteiger partial charge in [0.25, 0.3) is 0 Å².